The second kappa shape index (κ2) is 12.9. The molecule has 53 heavy (non-hydrogen) atoms. The van der Waals surface area contributed by atoms with E-state index in [0.29, 0.717) is 0 Å². The van der Waals surface area contributed by atoms with Crippen LogP contribution in [0.3, 0.4) is 0 Å². The van der Waals surface area contributed by atoms with Gasteiger partial charge in [0.15, 0.2) is 0 Å². The van der Waals surface area contributed by atoms with Crippen LogP contribution in [0.5, 0.6) is 11.5 Å². The van der Waals surface area contributed by atoms with Crippen molar-refractivity contribution in [3.8, 4) is 16.8 Å². The lowest BCUT2D eigenvalue weighted by Crippen LogP contribution is -2.21. The summed E-state index contributed by atoms with van der Waals surface area (Å²) in [6.45, 7) is 9.82. The van der Waals surface area contributed by atoms with E-state index < -0.39 is 7.53 Å². The molecule has 6 heteroatoms. The Kier molecular flexibility index (Phi) is 8.22. The summed E-state index contributed by atoms with van der Waals surface area (Å²) in [4.78, 5) is 8.08. The Bertz CT molecular complexity index is 2440. The zero-order valence-corrected chi connectivity index (χ0v) is 33.0. The number of thiophene rings is 1. The van der Waals surface area contributed by atoms with Gasteiger partial charge in [0.2, 0.25) is 0 Å². The summed E-state index contributed by atoms with van der Waals surface area (Å²) in [5.41, 5.74) is 12.2. The third-order valence-corrected chi connectivity index (χ3v) is 16.0. The lowest BCUT2D eigenvalue weighted by Gasteiger charge is -2.31. The molecular weight excluding hydrogens is 688 g/mol. The predicted octanol–water partition coefficient (Wildman–Crippen LogP) is 10.3. The highest BCUT2D eigenvalue weighted by atomic mass is 32.1. The molecule has 0 fully saturated rings. The van der Waals surface area contributed by atoms with Gasteiger partial charge >= 0.3 is 0 Å². The van der Waals surface area contributed by atoms with E-state index in [2.05, 4.69) is 153 Å². The quantitative estimate of drug-likeness (QED) is 0.185. The van der Waals surface area contributed by atoms with Crippen molar-refractivity contribution >= 4 is 30.0 Å². The Hall–Kier alpha value is -4.96. The van der Waals surface area contributed by atoms with Crippen molar-refractivity contribution in [2.24, 2.45) is 0 Å². The summed E-state index contributed by atoms with van der Waals surface area (Å²) in [6, 6.07) is 42.2. The molecule has 0 radical (unpaired) electrons. The molecule has 3 aromatic carbocycles. The van der Waals surface area contributed by atoms with Crippen LogP contribution in [0.25, 0.3) is 16.5 Å². The lowest BCUT2D eigenvalue weighted by molar-refractivity contribution is 0.414. The average molecular weight is 733 g/mol. The van der Waals surface area contributed by atoms with Crippen LogP contribution in [-0.4, -0.2) is 24.2 Å². The number of methoxy groups -OCH3 is 2. The fraction of sp³-hybridized carbons (Fsp3) is 0.234. The van der Waals surface area contributed by atoms with E-state index in [1.807, 2.05) is 11.3 Å². The summed E-state index contributed by atoms with van der Waals surface area (Å²) >= 11 is 1.83. The Morgan fingerprint density at radius 3 is 1.43 bits per heavy atom. The molecule has 9 rings (SSSR count). The first-order valence-electron chi connectivity index (χ1n) is 18.5. The zero-order valence-electron chi connectivity index (χ0n) is 31.3. The highest BCUT2D eigenvalue weighted by Crippen LogP contribution is 2.63. The summed E-state index contributed by atoms with van der Waals surface area (Å²) in [6.07, 6.45) is 3.48. The lowest BCUT2D eigenvalue weighted by atomic mass is 9.82. The molecule has 4 nitrogen and oxygen atoms in total. The van der Waals surface area contributed by atoms with Gasteiger partial charge < -0.3 is 19.4 Å². The van der Waals surface area contributed by atoms with Crippen molar-refractivity contribution in [3.05, 3.63) is 180 Å². The number of nitrogens with one attached hydrogen (secondary N) is 2. The second-order valence-electron chi connectivity index (χ2n) is 15.4. The first-order chi connectivity index (χ1) is 25.7. The second-order valence-corrected chi connectivity index (χ2v) is 18.5. The van der Waals surface area contributed by atoms with Gasteiger partial charge in [-0.2, -0.15) is 0 Å². The third kappa shape index (κ3) is 5.47. The monoisotopic (exact) mass is 732 g/mol. The van der Waals surface area contributed by atoms with Crippen molar-refractivity contribution in [2.45, 2.75) is 57.8 Å². The molecular formula is C47H45N2O2PS. The molecule has 0 saturated heterocycles. The highest BCUT2D eigenvalue weighted by Gasteiger charge is 2.42. The van der Waals surface area contributed by atoms with Gasteiger partial charge in [-0.15, -0.1) is 11.3 Å². The zero-order chi connectivity index (χ0) is 36.5. The molecule has 0 amide bonds. The minimum Gasteiger partial charge on any atom is -0.497 e. The molecule has 266 valence electrons. The van der Waals surface area contributed by atoms with E-state index in [-0.39, 0.29) is 10.8 Å². The number of ether oxygens (including phenoxy) is 2. The van der Waals surface area contributed by atoms with Crippen LogP contribution in [0, 0.1) is 0 Å². The maximum Gasteiger partial charge on any atom is 0.118 e. The molecule has 2 N–H and O–H groups in total. The largest absolute Gasteiger partial charge is 0.497 e. The summed E-state index contributed by atoms with van der Waals surface area (Å²) in [5, 5.41) is 4.65. The number of hydrogen-bond acceptors (Lipinski definition) is 3. The molecule has 5 heterocycles. The molecule has 1 aliphatic heterocycles. The van der Waals surface area contributed by atoms with Gasteiger partial charge in [0.25, 0.3) is 0 Å². The van der Waals surface area contributed by atoms with E-state index in [1.165, 1.54) is 43.3 Å². The predicted molar refractivity (Wildman–Crippen MR) is 221 cm³/mol. The van der Waals surface area contributed by atoms with E-state index in [4.69, 9.17) is 9.47 Å². The van der Waals surface area contributed by atoms with Crippen LogP contribution in [0.15, 0.2) is 115 Å². The molecule has 4 aromatic heterocycles. The number of benzene rings is 3. The number of aromatic amines is 2. The molecule has 2 aliphatic rings. The molecule has 0 spiro atoms. The van der Waals surface area contributed by atoms with Crippen LogP contribution in [-0.2, 0) is 23.7 Å². The van der Waals surface area contributed by atoms with Gasteiger partial charge in [0.05, 0.1) is 14.2 Å². The van der Waals surface area contributed by atoms with Gasteiger partial charge in [-0.3, -0.25) is 0 Å². The van der Waals surface area contributed by atoms with Crippen LogP contribution in [0.1, 0.15) is 89.7 Å². The number of H-pyrrole nitrogens is 2. The van der Waals surface area contributed by atoms with Crippen molar-refractivity contribution in [1.29, 1.82) is 0 Å². The Morgan fingerprint density at radius 2 is 1.00 bits per heavy atom. The molecule has 0 saturated carbocycles. The van der Waals surface area contributed by atoms with Crippen LogP contribution in [0.2, 0.25) is 0 Å². The summed E-state index contributed by atoms with van der Waals surface area (Å²) < 4.78 is 13.6. The van der Waals surface area contributed by atoms with Gasteiger partial charge in [0.1, 0.15) is 11.5 Å². The Labute approximate surface area is 316 Å². The van der Waals surface area contributed by atoms with Gasteiger partial charge in [-0.25, -0.2) is 0 Å². The van der Waals surface area contributed by atoms with Crippen molar-refractivity contribution in [1.82, 2.24) is 9.97 Å². The molecule has 8 bridgehead atoms. The smallest absolute Gasteiger partial charge is 0.118 e. The topological polar surface area (TPSA) is 50.0 Å². The van der Waals surface area contributed by atoms with Crippen LogP contribution >= 0.6 is 18.9 Å². The van der Waals surface area contributed by atoms with Gasteiger partial charge in [0, 0.05) is 53.8 Å². The molecule has 0 atom stereocenters. The minimum absolute atomic E-state index is 0.221. The number of hydrogen-bond donors (Lipinski definition) is 2. The van der Waals surface area contributed by atoms with E-state index in [0.717, 1.165) is 46.9 Å². The van der Waals surface area contributed by atoms with Gasteiger partial charge in [-0.1, -0.05) is 62.1 Å². The third-order valence-electron chi connectivity index (χ3n) is 11.5. The molecule has 7 aromatic rings. The van der Waals surface area contributed by atoms with Crippen molar-refractivity contribution in [2.75, 3.05) is 14.2 Å². The van der Waals surface area contributed by atoms with E-state index >= 15 is 0 Å². The number of rotatable bonds is 5. The summed E-state index contributed by atoms with van der Waals surface area (Å²) in [5.74, 6) is 1.70. The maximum atomic E-state index is 5.58. The van der Waals surface area contributed by atoms with Crippen molar-refractivity contribution in [3.63, 3.8) is 0 Å². The van der Waals surface area contributed by atoms with E-state index in [9.17, 15) is 0 Å². The standard InChI is InChI=1S/C47H45N2O2PS/c1-46(2)40-27-23-36(48-40)42(29-15-19-31(50-5)20-16-29)38-25-26-39(53-38)43(30-17-21-32(51-6)22-18-30)37-24-28-41(49-37)47(3,4)45-35-14-10-13-34(35)44(46)52(45)33-11-8-7-9-12-33/h7-9,11-12,15-28,48-49H,10,13-14H2,1-6H3/b42-38-,43-39-. The molecule has 0 unspecified atom stereocenters. The maximum absolute atomic E-state index is 5.58. The molecule has 1 aliphatic carbocycles. The SMILES string of the molecule is COc1ccc(/C2=c3\cc/c(s3)=C(\c3ccc(OC)cc3)c3ccc([nH]3)C(C)(C)c3c4c(c(p3-c3ccccc3)C(C)(C)c3ccc2[nH]3)CCC4)cc1. The average Bonchev–Trinajstić information content (AvgIpc) is 4.02. The Balaban J connectivity index is 1.41. The Morgan fingerprint density at radius 1 is 0.547 bits per heavy atom. The van der Waals surface area contributed by atoms with Crippen molar-refractivity contribution < 1.29 is 9.47 Å². The first kappa shape index (κ1) is 33.8. The van der Waals surface area contributed by atoms with E-state index in [1.54, 1.807) is 35.9 Å². The highest BCUT2D eigenvalue weighted by molar-refractivity contribution is 7.59. The first-order valence-corrected chi connectivity index (χ1v) is 20.7. The van der Waals surface area contributed by atoms with Crippen LogP contribution < -0.4 is 18.5 Å². The summed E-state index contributed by atoms with van der Waals surface area (Å²) in [7, 11) is 2.67. The number of aromatic nitrogens is 2. The van der Waals surface area contributed by atoms with Crippen LogP contribution in [0.4, 0.5) is 0 Å². The number of fused-ring (bicyclic) bond motifs is 11. The fourth-order valence-electron chi connectivity index (χ4n) is 8.85. The van der Waals surface area contributed by atoms with Gasteiger partial charge in [-0.05, 0) is 146 Å². The normalized spacial score (nSPS) is 17.8. The minimum atomic E-state index is -0.779. The fourth-order valence-corrected chi connectivity index (χ4v) is 13.6.